The maximum absolute atomic E-state index is 13.1. The SMILES string of the molecule is COCC1(CNS(=O)(=O)c2ccc3c4c(cccc24)C(=O)N3C)CCCN1.Cl. The first-order valence-corrected chi connectivity index (χ1v) is 10.4. The first-order chi connectivity index (χ1) is 12.9. The highest BCUT2D eigenvalue weighted by molar-refractivity contribution is 7.89. The number of carbonyl (C=O) groups is 1. The third-order valence-electron chi connectivity index (χ3n) is 5.52. The van der Waals surface area contributed by atoms with Gasteiger partial charge in [0.1, 0.15) is 0 Å². The normalized spacial score (nSPS) is 21.4. The fraction of sp³-hybridized carbons (Fsp3) is 0.421. The molecule has 1 amide bonds. The molecule has 2 aromatic rings. The van der Waals surface area contributed by atoms with Gasteiger partial charge in [-0.1, -0.05) is 12.1 Å². The molecule has 1 atom stereocenters. The van der Waals surface area contributed by atoms with Crippen LogP contribution in [0, 0.1) is 0 Å². The minimum Gasteiger partial charge on any atom is -0.383 e. The van der Waals surface area contributed by atoms with Gasteiger partial charge >= 0.3 is 0 Å². The number of rotatable bonds is 6. The Balaban J connectivity index is 0.00000225. The van der Waals surface area contributed by atoms with Gasteiger partial charge in [-0.2, -0.15) is 0 Å². The molecule has 2 aliphatic heterocycles. The standard InChI is InChI=1S/C19H23N3O4S.ClH/c1-22-15-7-8-16(13-5-3-6-14(17(13)15)18(22)23)27(24,25)21-11-19(12-26-2)9-4-10-20-19;/h3,5-8,20-21H,4,9-12H2,1-2H3;1H. The molecule has 1 unspecified atom stereocenters. The first-order valence-electron chi connectivity index (χ1n) is 8.96. The number of nitrogens with zero attached hydrogens (tertiary/aromatic N) is 1. The molecule has 2 aliphatic rings. The molecule has 0 spiro atoms. The van der Waals surface area contributed by atoms with Gasteiger partial charge in [-0.05, 0) is 37.6 Å². The third kappa shape index (κ3) is 3.29. The van der Waals surface area contributed by atoms with Crippen molar-refractivity contribution in [3.05, 3.63) is 35.9 Å². The smallest absolute Gasteiger partial charge is 0.258 e. The van der Waals surface area contributed by atoms with Crippen molar-refractivity contribution in [1.82, 2.24) is 10.0 Å². The highest BCUT2D eigenvalue weighted by Crippen LogP contribution is 2.39. The van der Waals surface area contributed by atoms with Gasteiger partial charge in [0.15, 0.2) is 0 Å². The fourth-order valence-electron chi connectivity index (χ4n) is 4.12. The topological polar surface area (TPSA) is 87.7 Å². The average Bonchev–Trinajstić information content (AvgIpc) is 3.22. The van der Waals surface area contributed by atoms with Crippen LogP contribution in [0.3, 0.4) is 0 Å². The lowest BCUT2D eigenvalue weighted by atomic mass is 9.99. The van der Waals surface area contributed by atoms with Gasteiger partial charge in [0.2, 0.25) is 10.0 Å². The van der Waals surface area contributed by atoms with Crippen LogP contribution in [0.4, 0.5) is 5.69 Å². The molecule has 28 heavy (non-hydrogen) atoms. The minimum atomic E-state index is -3.75. The van der Waals surface area contributed by atoms with E-state index in [1.54, 1.807) is 49.4 Å². The van der Waals surface area contributed by atoms with Crippen molar-refractivity contribution in [3.8, 4) is 0 Å². The molecule has 0 aliphatic carbocycles. The molecule has 2 N–H and O–H groups in total. The summed E-state index contributed by atoms with van der Waals surface area (Å²) in [6.45, 7) is 1.55. The Labute approximate surface area is 170 Å². The van der Waals surface area contributed by atoms with Crippen LogP contribution in [0.2, 0.25) is 0 Å². The molecule has 0 saturated carbocycles. The molecular formula is C19H24ClN3O4S. The van der Waals surface area contributed by atoms with E-state index in [1.807, 2.05) is 0 Å². The number of amides is 1. The van der Waals surface area contributed by atoms with Gasteiger partial charge in [-0.15, -0.1) is 12.4 Å². The van der Waals surface area contributed by atoms with E-state index in [2.05, 4.69) is 10.0 Å². The number of hydrogen-bond donors (Lipinski definition) is 2. The molecular weight excluding hydrogens is 402 g/mol. The van der Waals surface area contributed by atoms with Crippen molar-refractivity contribution in [3.63, 3.8) is 0 Å². The van der Waals surface area contributed by atoms with Crippen LogP contribution in [0.25, 0.3) is 10.8 Å². The number of halogens is 1. The Morgan fingerprint density at radius 1 is 1.29 bits per heavy atom. The van der Waals surface area contributed by atoms with Crippen LogP contribution in [0.5, 0.6) is 0 Å². The van der Waals surface area contributed by atoms with Gasteiger partial charge < -0.3 is 15.0 Å². The quantitative estimate of drug-likeness (QED) is 0.738. The summed E-state index contributed by atoms with van der Waals surface area (Å²) in [5.74, 6) is -0.118. The van der Waals surface area contributed by atoms with Crippen LogP contribution in [-0.4, -0.2) is 53.7 Å². The molecule has 0 aromatic heterocycles. The summed E-state index contributed by atoms with van der Waals surface area (Å²) in [7, 11) is -0.431. The summed E-state index contributed by atoms with van der Waals surface area (Å²) >= 11 is 0. The predicted octanol–water partition coefficient (Wildman–Crippen LogP) is 1.90. The lowest BCUT2D eigenvalue weighted by Gasteiger charge is -2.29. The Bertz CT molecular complexity index is 1020. The van der Waals surface area contributed by atoms with E-state index in [1.165, 1.54) is 0 Å². The van der Waals surface area contributed by atoms with E-state index in [9.17, 15) is 13.2 Å². The molecule has 0 bridgehead atoms. The average molecular weight is 426 g/mol. The maximum Gasteiger partial charge on any atom is 0.258 e. The number of hydrogen-bond acceptors (Lipinski definition) is 5. The molecule has 7 nitrogen and oxygen atoms in total. The summed E-state index contributed by atoms with van der Waals surface area (Å²) in [5.41, 5.74) is 0.889. The van der Waals surface area contributed by atoms with Crippen molar-refractivity contribution < 1.29 is 17.9 Å². The largest absolute Gasteiger partial charge is 0.383 e. The number of nitrogens with one attached hydrogen (secondary N) is 2. The maximum atomic E-state index is 13.1. The zero-order chi connectivity index (χ0) is 19.2. The summed E-state index contributed by atoms with van der Waals surface area (Å²) < 4.78 is 34.2. The summed E-state index contributed by atoms with van der Waals surface area (Å²) in [4.78, 5) is 14.1. The van der Waals surface area contributed by atoms with E-state index < -0.39 is 10.0 Å². The van der Waals surface area contributed by atoms with Crippen molar-refractivity contribution in [2.45, 2.75) is 23.3 Å². The Kier molecular flexibility index (Phi) is 5.71. The number of benzene rings is 2. The Morgan fingerprint density at radius 3 is 2.75 bits per heavy atom. The van der Waals surface area contributed by atoms with Crippen LogP contribution in [0.1, 0.15) is 23.2 Å². The first kappa shape index (κ1) is 21.0. The molecule has 152 valence electrons. The summed E-state index contributed by atoms with van der Waals surface area (Å²) in [6, 6.07) is 8.48. The molecule has 9 heteroatoms. The number of carbonyl (C=O) groups excluding carboxylic acids is 1. The van der Waals surface area contributed by atoms with Crippen molar-refractivity contribution >= 4 is 44.8 Å². The molecule has 1 fully saturated rings. The van der Waals surface area contributed by atoms with Gasteiger partial charge in [0.05, 0.1) is 22.7 Å². The fourth-order valence-corrected chi connectivity index (χ4v) is 5.45. The van der Waals surface area contributed by atoms with E-state index in [0.29, 0.717) is 22.9 Å². The highest BCUT2D eigenvalue weighted by atomic mass is 35.5. The van der Waals surface area contributed by atoms with Crippen LogP contribution in [-0.2, 0) is 14.8 Å². The van der Waals surface area contributed by atoms with Gasteiger partial charge in [0.25, 0.3) is 5.91 Å². The van der Waals surface area contributed by atoms with Gasteiger partial charge in [-0.3, -0.25) is 4.79 Å². The molecule has 0 radical (unpaired) electrons. The van der Waals surface area contributed by atoms with Gasteiger partial charge in [0, 0.05) is 37.0 Å². The number of anilines is 1. The Morgan fingerprint density at radius 2 is 2.07 bits per heavy atom. The van der Waals surface area contributed by atoms with Gasteiger partial charge in [-0.25, -0.2) is 13.1 Å². The molecule has 2 heterocycles. The lowest BCUT2D eigenvalue weighted by Crippen LogP contribution is -2.52. The van der Waals surface area contributed by atoms with E-state index in [-0.39, 0.29) is 35.3 Å². The zero-order valence-corrected chi connectivity index (χ0v) is 17.5. The van der Waals surface area contributed by atoms with Crippen molar-refractivity contribution in [2.75, 3.05) is 38.8 Å². The van der Waals surface area contributed by atoms with E-state index in [0.717, 1.165) is 25.1 Å². The Hall–Kier alpha value is -1.71. The van der Waals surface area contributed by atoms with Crippen molar-refractivity contribution in [2.24, 2.45) is 0 Å². The summed E-state index contributed by atoms with van der Waals surface area (Å²) in [6.07, 6.45) is 1.84. The summed E-state index contributed by atoms with van der Waals surface area (Å²) in [5, 5.41) is 4.63. The van der Waals surface area contributed by atoms with Crippen LogP contribution >= 0.6 is 12.4 Å². The third-order valence-corrected chi connectivity index (χ3v) is 6.98. The number of sulfonamides is 1. The van der Waals surface area contributed by atoms with E-state index >= 15 is 0 Å². The monoisotopic (exact) mass is 425 g/mol. The lowest BCUT2D eigenvalue weighted by molar-refractivity contribution is 0.0999. The second-order valence-corrected chi connectivity index (χ2v) is 8.98. The predicted molar refractivity (Wildman–Crippen MR) is 111 cm³/mol. The second-order valence-electron chi connectivity index (χ2n) is 7.24. The van der Waals surface area contributed by atoms with Crippen LogP contribution < -0.4 is 14.9 Å². The minimum absolute atomic E-state index is 0. The number of methoxy groups -OCH3 is 1. The second kappa shape index (κ2) is 7.61. The van der Waals surface area contributed by atoms with E-state index in [4.69, 9.17) is 4.74 Å². The number of ether oxygens (including phenoxy) is 1. The van der Waals surface area contributed by atoms with Crippen molar-refractivity contribution in [1.29, 1.82) is 0 Å². The molecule has 4 rings (SSSR count). The molecule has 1 saturated heterocycles. The molecule has 2 aromatic carbocycles. The van der Waals surface area contributed by atoms with Crippen LogP contribution in [0.15, 0.2) is 35.2 Å². The highest BCUT2D eigenvalue weighted by Gasteiger charge is 2.36. The zero-order valence-electron chi connectivity index (χ0n) is 15.8.